The smallest absolute Gasteiger partial charge is 0.437 e. The van der Waals surface area contributed by atoms with Gasteiger partial charge in [0.05, 0.1) is 13.2 Å². The molecule has 0 unspecified atom stereocenters. The van der Waals surface area contributed by atoms with Gasteiger partial charge in [0.25, 0.3) is 0 Å². The Morgan fingerprint density at radius 2 is 0.970 bits per heavy atom. The molecule has 6 nitrogen and oxygen atoms in total. The lowest BCUT2D eigenvalue weighted by atomic mass is 10.1. The molecule has 0 saturated heterocycles. The van der Waals surface area contributed by atoms with E-state index in [1.54, 1.807) is 0 Å². The minimum atomic E-state index is -4.67. The molecule has 0 amide bonds. The third-order valence-corrected chi connectivity index (χ3v) is 3.98. The Balaban J connectivity index is 1.83. The highest BCUT2D eigenvalue weighted by Gasteiger charge is 2.38. The fourth-order valence-corrected chi connectivity index (χ4v) is 2.58. The molecule has 0 aliphatic rings. The standard InChI is InChI=1S/C21H20F6N2O4/c1-30-28-18(20(22,23)24)14-4-8-16(9-5-14)32-12-3-13-33-17-10-6-15(7-11-17)19(29-31-2)21(25,26)27/h4-11H,3,12-13H2,1-2H3. The summed E-state index contributed by atoms with van der Waals surface area (Å²) in [6, 6.07) is 10.3. The minimum Gasteiger partial charge on any atom is -0.493 e. The van der Waals surface area contributed by atoms with E-state index in [0.717, 1.165) is 14.2 Å². The van der Waals surface area contributed by atoms with Crippen molar-refractivity contribution in [3.8, 4) is 11.5 Å². The van der Waals surface area contributed by atoms with E-state index in [4.69, 9.17) is 9.47 Å². The molecule has 0 atom stereocenters. The van der Waals surface area contributed by atoms with E-state index in [2.05, 4.69) is 20.0 Å². The maximum absolute atomic E-state index is 13.0. The van der Waals surface area contributed by atoms with Gasteiger partial charge in [-0.2, -0.15) is 26.3 Å². The Labute approximate surface area is 185 Å². The number of halogens is 6. The maximum atomic E-state index is 13.0. The topological polar surface area (TPSA) is 61.6 Å². The third kappa shape index (κ3) is 7.88. The molecule has 0 fully saturated rings. The highest BCUT2D eigenvalue weighted by molar-refractivity contribution is 6.04. The quantitative estimate of drug-likeness (QED) is 0.200. The number of hydrogen-bond acceptors (Lipinski definition) is 6. The first-order chi connectivity index (χ1) is 15.6. The number of oxime groups is 2. The van der Waals surface area contributed by atoms with Crippen molar-refractivity contribution in [2.24, 2.45) is 10.3 Å². The Morgan fingerprint density at radius 1 is 0.636 bits per heavy atom. The number of ether oxygens (including phenoxy) is 2. The van der Waals surface area contributed by atoms with E-state index in [-0.39, 0.29) is 24.3 Å². The van der Waals surface area contributed by atoms with Crippen LogP contribution in [0, 0.1) is 0 Å². The van der Waals surface area contributed by atoms with Crippen LogP contribution in [0.1, 0.15) is 17.5 Å². The largest absolute Gasteiger partial charge is 0.493 e. The van der Waals surface area contributed by atoms with Gasteiger partial charge in [0, 0.05) is 17.5 Å². The first kappa shape index (κ1) is 25.8. The Bertz CT molecular complexity index is 862. The van der Waals surface area contributed by atoms with Crippen LogP contribution in [0.4, 0.5) is 26.3 Å². The first-order valence-electron chi connectivity index (χ1n) is 9.39. The van der Waals surface area contributed by atoms with Crippen molar-refractivity contribution in [1.29, 1.82) is 0 Å². The van der Waals surface area contributed by atoms with Gasteiger partial charge in [-0.15, -0.1) is 0 Å². The number of benzene rings is 2. The Hall–Kier alpha value is -3.44. The van der Waals surface area contributed by atoms with Gasteiger partial charge >= 0.3 is 12.4 Å². The van der Waals surface area contributed by atoms with Gasteiger partial charge in [0.2, 0.25) is 0 Å². The second kappa shape index (κ2) is 11.4. The van der Waals surface area contributed by atoms with Gasteiger partial charge in [-0.25, -0.2) is 0 Å². The van der Waals surface area contributed by atoms with Gasteiger partial charge in [-0.1, -0.05) is 10.3 Å². The van der Waals surface area contributed by atoms with Crippen LogP contribution in [0.5, 0.6) is 11.5 Å². The lowest BCUT2D eigenvalue weighted by Gasteiger charge is -2.12. The van der Waals surface area contributed by atoms with Crippen molar-refractivity contribution < 1.29 is 45.5 Å². The van der Waals surface area contributed by atoms with Gasteiger partial charge in [0.15, 0.2) is 11.4 Å². The molecule has 0 aliphatic heterocycles. The van der Waals surface area contributed by atoms with Crippen molar-refractivity contribution >= 4 is 11.4 Å². The van der Waals surface area contributed by atoms with Crippen LogP contribution in [0.2, 0.25) is 0 Å². The summed E-state index contributed by atoms with van der Waals surface area (Å²) in [5, 5.41) is 6.03. The highest BCUT2D eigenvalue weighted by atomic mass is 19.4. The predicted molar refractivity (Wildman–Crippen MR) is 108 cm³/mol. The molecule has 0 radical (unpaired) electrons. The molecular weight excluding hydrogens is 458 g/mol. The predicted octanol–water partition coefficient (Wildman–Crippen LogP) is 5.36. The second-order valence-corrected chi connectivity index (χ2v) is 6.34. The molecule has 0 N–H and O–H groups in total. The average Bonchev–Trinajstić information content (AvgIpc) is 2.75. The second-order valence-electron chi connectivity index (χ2n) is 6.34. The summed E-state index contributed by atoms with van der Waals surface area (Å²) in [7, 11) is 2.05. The SMILES string of the molecule is CON=C(c1ccc(OCCCOc2ccc(C(=NOC)C(F)(F)F)cc2)cc1)C(F)(F)F. The number of alkyl halides is 6. The summed E-state index contributed by atoms with van der Waals surface area (Å²) >= 11 is 0. The molecule has 0 aliphatic carbocycles. The monoisotopic (exact) mass is 478 g/mol. The van der Waals surface area contributed by atoms with Gasteiger partial charge in [-0.3, -0.25) is 0 Å². The fourth-order valence-electron chi connectivity index (χ4n) is 2.58. The van der Waals surface area contributed by atoms with Crippen LogP contribution < -0.4 is 9.47 Å². The number of rotatable bonds is 10. The summed E-state index contributed by atoms with van der Waals surface area (Å²) in [4.78, 5) is 8.50. The van der Waals surface area contributed by atoms with Crippen LogP contribution in [0.25, 0.3) is 0 Å². The highest BCUT2D eigenvalue weighted by Crippen LogP contribution is 2.25. The Kier molecular flexibility index (Phi) is 8.94. The molecule has 2 aromatic rings. The normalized spacial score (nSPS) is 13.0. The molecule has 180 valence electrons. The average molecular weight is 478 g/mol. The summed E-state index contributed by atoms with van der Waals surface area (Å²) in [6.07, 6.45) is -8.92. The zero-order valence-electron chi connectivity index (χ0n) is 17.5. The fraction of sp³-hybridized carbons (Fsp3) is 0.333. The summed E-state index contributed by atoms with van der Waals surface area (Å²) < 4.78 is 88.6. The summed E-state index contributed by atoms with van der Waals surface area (Å²) in [5.74, 6) is 0.693. The number of hydrogen-bond donors (Lipinski definition) is 0. The van der Waals surface area contributed by atoms with E-state index in [0.29, 0.717) is 17.9 Å². The van der Waals surface area contributed by atoms with Crippen molar-refractivity contribution in [2.75, 3.05) is 27.4 Å². The molecule has 2 rings (SSSR count). The molecule has 0 bridgehead atoms. The minimum absolute atomic E-state index is 0.173. The van der Waals surface area contributed by atoms with E-state index >= 15 is 0 Å². The molecule has 2 aromatic carbocycles. The van der Waals surface area contributed by atoms with E-state index in [1.165, 1.54) is 48.5 Å². The van der Waals surface area contributed by atoms with E-state index in [1.807, 2.05) is 0 Å². The molecule has 0 saturated carbocycles. The Morgan fingerprint density at radius 3 is 1.24 bits per heavy atom. The third-order valence-electron chi connectivity index (χ3n) is 3.98. The van der Waals surface area contributed by atoms with Crippen LogP contribution in [0.3, 0.4) is 0 Å². The molecule has 0 spiro atoms. The molecule has 0 aromatic heterocycles. The van der Waals surface area contributed by atoms with Gasteiger partial charge in [-0.05, 0) is 48.5 Å². The lowest BCUT2D eigenvalue weighted by Crippen LogP contribution is -2.24. The van der Waals surface area contributed by atoms with Crippen LogP contribution >= 0.6 is 0 Å². The summed E-state index contributed by atoms with van der Waals surface area (Å²) in [6.45, 7) is 0.406. The van der Waals surface area contributed by atoms with Crippen molar-refractivity contribution in [2.45, 2.75) is 18.8 Å². The summed E-state index contributed by atoms with van der Waals surface area (Å²) in [5.41, 5.74) is -2.67. The van der Waals surface area contributed by atoms with Crippen LogP contribution in [-0.4, -0.2) is 51.2 Å². The van der Waals surface area contributed by atoms with Crippen molar-refractivity contribution in [3.05, 3.63) is 59.7 Å². The zero-order chi connectivity index (χ0) is 24.5. The van der Waals surface area contributed by atoms with Crippen LogP contribution in [-0.2, 0) is 9.68 Å². The molecule has 0 heterocycles. The zero-order valence-corrected chi connectivity index (χ0v) is 17.5. The van der Waals surface area contributed by atoms with E-state index < -0.39 is 23.8 Å². The van der Waals surface area contributed by atoms with E-state index in [9.17, 15) is 26.3 Å². The van der Waals surface area contributed by atoms with Gasteiger partial charge < -0.3 is 19.1 Å². The molecule has 12 heteroatoms. The van der Waals surface area contributed by atoms with Crippen molar-refractivity contribution in [1.82, 2.24) is 0 Å². The van der Waals surface area contributed by atoms with Crippen molar-refractivity contribution in [3.63, 3.8) is 0 Å². The molecule has 33 heavy (non-hydrogen) atoms. The number of nitrogens with zero attached hydrogens (tertiary/aromatic N) is 2. The first-order valence-corrected chi connectivity index (χ1v) is 9.39. The molecular formula is C21H20F6N2O4. The maximum Gasteiger partial charge on any atom is 0.437 e. The van der Waals surface area contributed by atoms with Gasteiger partial charge in [0.1, 0.15) is 25.7 Å². The lowest BCUT2D eigenvalue weighted by molar-refractivity contribution is -0.0616. The van der Waals surface area contributed by atoms with Crippen LogP contribution in [0.15, 0.2) is 58.8 Å².